The van der Waals surface area contributed by atoms with E-state index in [1.165, 1.54) is 6.20 Å². The fourth-order valence-corrected chi connectivity index (χ4v) is 1.39. The Kier molecular flexibility index (Phi) is 5.30. The number of amides is 1. The second kappa shape index (κ2) is 6.81. The highest BCUT2D eigenvalue weighted by molar-refractivity contribution is 6.32. The molecule has 16 heavy (non-hydrogen) atoms. The first kappa shape index (κ1) is 12.5. The second-order valence-electron chi connectivity index (χ2n) is 3.21. The number of nitriles is 1. The molecule has 5 heteroatoms. The molecule has 0 aliphatic heterocycles. The first-order chi connectivity index (χ1) is 7.75. The van der Waals surface area contributed by atoms with Crippen LogP contribution in [0.5, 0.6) is 0 Å². The summed E-state index contributed by atoms with van der Waals surface area (Å²) in [5.74, 6) is -0.227. The number of rotatable bonds is 5. The van der Waals surface area contributed by atoms with Crippen LogP contribution in [-0.2, 0) is 0 Å². The number of hydrogen-bond acceptors (Lipinski definition) is 3. The number of aromatic nitrogens is 1. The van der Waals surface area contributed by atoms with Gasteiger partial charge < -0.3 is 5.32 Å². The predicted molar refractivity (Wildman–Crippen MR) is 61.0 cm³/mol. The van der Waals surface area contributed by atoms with Crippen LogP contribution in [0.4, 0.5) is 0 Å². The fraction of sp³-hybridized carbons (Fsp3) is 0.364. The molecule has 0 aromatic carbocycles. The summed E-state index contributed by atoms with van der Waals surface area (Å²) in [6.07, 6.45) is 3.63. The fourth-order valence-electron chi connectivity index (χ4n) is 1.18. The van der Waals surface area contributed by atoms with Gasteiger partial charge in [-0.2, -0.15) is 5.26 Å². The van der Waals surface area contributed by atoms with Crippen molar-refractivity contribution in [3.63, 3.8) is 0 Å². The predicted octanol–water partition coefficient (Wildman–Crippen LogP) is 2.16. The Morgan fingerprint density at radius 2 is 2.38 bits per heavy atom. The molecule has 1 N–H and O–H groups in total. The highest BCUT2D eigenvalue weighted by Crippen LogP contribution is 2.10. The van der Waals surface area contributed by atoms with E-state index in [0.29, 0.717) is 18.5 Å². The summed E-state index contributed by atoms with van der Waals surface area (Å²) in [5, 5.41) is 11.3. The molecule has 1 amide bonds. The number of nitrogens with one attached hydrogen (secondary N) is 1. The topological polar surface area (TPSA) is 65.8 Å². The van der Waals surface area contributed by atoms with Crippen molar-refractivity contribution in [2.45, 2.75) is 19.3 Å². The van der Waals surface area contributed by atoms with E-state index in [1.807, 2.05) is 0 Å². The van der Waals surface area contributed by atoms with Gasteiger partial charge in [0.25, 0.3) is 5.91 Å². The molecule has 1 aromatic rings. The lowest BCUT2D eigenvalue weighted by Crippen LogP contribution is -2.24. The number of hydrogen-bond donors (Lipinski definition) is 1. The van der Waals surface area contributed by atoms with Crippen molar-refractivity contribution >= 4 is 17.5 Å². The normalized spacial score (nSPS) is 9.50. The Morgan fingerprint density at radius 1 is 1.56 bits per heavy atom. The zero-order valence-corrected chi connectivity index (χ0v) is 9.50. The Bertz CT molecular complexity index is 400. The molecule has 1 aromatic heterocycles. The third-order valence-electron chi connectivity index (χ3n) is 2.00. The average Bonchev–Trinajstić information content (AvgIpc) is 2.29. The molecule has 0 bridgehead atoms. The van der Waals surface area contributed by atoms with E-state index < -0.39 is 0 Å². The number of pyridine rings is 1. The van der Waals surface area contributed by atoms with Gasteiger partial charge in [0.05, 0.1) is 11.6 Å². The van der Waals surface area contributed by atoms with Gasteiger partial charge in [-0.25, -0.2) is 4.98 Å². The molecular weight excluding hydrogens is 226 g/mol. The van der Waals surface area contributed by atoms with E-state index in [-0.39, 0.29) is 11.1 Å². The SMILES string of the molecule is N#CCCCCNC(=O)c1cccnc1Cl. The van der Waals surface area contributed by atoms with Crippen molar-refractivity contribution in [1.82, 2.24) is 10.3 Å². The molecule has 0 radical (unpaired) electrons. The van der Waals surface area contributed by atoms with Gasteiger partial charge in [-0.15, -0.1) is 0 Å². The summed E-state index contributed by atoms with van der Waals surface area (Å²) in [7, 11) is 0. The summed E-state index contributed by atoms with van der Waals surface area (Å²) >= 11 is 5.77. The van der Waals surface area contributed by atoms with E-state index in [0.717, 1.165) is 12.8 Å². The standard InChI is InChI=1S/C11H12ClN3O/c12-10-9(5-4-8-14-10)11(16)15-7-3-1-2-6-13/h4-5,8H,1-3,7H2,(H,15,16). The van der Waals surface area contributed by atoms with Gasteiger partial charge in [0.2, 0.25) is 0 Å². The summed E-state index contributed by atoms with van der Waals surface area (Å²) < 4.78 is 0. The number of nitrogens with zero attached hydrogens (tertiary/aromatic N) is 2. The van der Waals surface area contributed by atoms with Crippen molar-refractivity contribution in [2.24, 2.45) is 0 Å². The van der Waals surface area contributed by atoms with E-state index in [9.17, 15) is 4.79 Å². The van der Waals surface area contributed by atoms with Crippen molar-refractivity contribution in [3.8, 4) is 6.07 Å². The number of carbonyl (C=O) groups excluding carboxylic acids is 1. The first-order valence-electron chi connectivity index (χ1n) is 5.01. The average molecular weight is 238 g/mol. The van der Waals surface area contributed by atoms with Crippen LogP contribution in [0.1, 0.15) is 29.6 Å². The van der Waals surface area contributed by atoms with E-state index >= 15 is 0 Å². The maximum Gasteiger partial charge on any atom is 0.254 e. The maximum absolute atomic E-state index is 11.6. The number of halogens is 1. The number of unbranched alkanes of at least 4 members (excludes halogenated alkanes) is 2. The van der Waals surface area contributed by atoms with Crippen LogP contribution in [0.3, 0.4) is 0 Å². The molecule has 0 fully saturated rings. The summed E-state index contributed by atoms with van der Waals surface area (Å²) in [4.78, 5) is 15.4. The van der Waals surface area contributed by atoms with Crippen LogP contribution in [0.2, 0.25) is 5.15 Å². The Morgan fingerprint density at radius 3 is 3.06 bits per heavy atom. The monoisotopic (exact) mass is 237 g/mol. The lowest BCUT2D eigenvalue weighted by molar-refractivity contribution is 0.0953. The zero-order valence-electron chi connectivity index (χ0n) is 8.74. The third kappa shape index (κ3) is 3.87. The molecule has 4 nitrogen and oxygen atoms in total. The van der Waals surface area contributed by atoms with Crippen LogP contribution >= 0.6 is 11.6 Å². The third-order valence-corrected chi connectivity index (χ3v) is 2.31. The smallest absolute Gasteiger partial charge is 0.254 e. The minimum absolute atomic E-state index is 0.206. The molecule has 0 atom stereocenters. The van der Waals surface area contributed by atoms with Crippen molar-refractivity contribution in [3.05, 3.63) is 29.0 Å². The quantitative estimate of drug-likeness (QED) is 0.630. The second-order valence-corrected chi connectivity index (χ2v) is 3.57. The van der Waals surface area contributed by atoms with Gasteiger partial charge in [-0.05, 0) is 25.0 Å². The van der Waals surface area contributed by atoms with Crippen LogP contribution < -0.4 is 5.32 Å². The van der Waals surface area contributed by atoms with Gasteiger partial charge in [0.15, 0.2) is 0 Å². The minimum atomic E-state index is -0.227. The highest BCUT2D eigenvalue weighted by atomic mass is 35.5. The van der Waals surface area contributed by atoms with Gasteiger partial charge >= 0.3 is 0 Å². The molecule has 84 valence electrons. The lowest BCUT2D eigenvalue weighted by atomic mass is 10.2. The summed E-state index contributed by atoms with van der Waals surface area (Å²) in [6, 6.07) is 5.34. The largest absolute Gasteiger partial charge is 0.352 e. The van der Waals surface area contributed by atoms with Crippen LogP contribution in [0.15, 0.2) is 18.3 Å². The Hall–Kier alpha value is -1.60. The van der Waals surface area contributed by atoms with Gasteiger partial charge in [-0.3, -0.25) is 4.79 Å². The highest BCUT2D eigenvalue weighted by Gasteiger charge is 2.09. The van der Waals surface area contributed by atoms with Crippen molar-refractivity contribution in [1.29, 1.82) is 5.26 Å². The molecule has 0 spiro atoms. The van der Waals surface area contributed by atoms with Gasteiger partial charge in [0.1, 0.15) is 5.15 Å². The Labute approximate surface area is 99.2 Å². The van der Waals surface area contributed by atoms with E-state index in [1.54, 1.807) is 12.1 Å². The minimum Gasteiger partial charge on any atom is -0.352 e. The molecular formula is C11H12ClN3O. The lowest BCUT2D eigenvalue weighted by Gasteiger charge is -2.04. The van der Waals surface area contributed by atoms with Crippen molar-refractivity contribution < 1.29 is 4.79 Å². The molecule has 0 unspecified atom stereocenters. The van der Waals surface area contributed by atoms with E-state index in [2.05, 4.69) is 16.4 Å². The van der Waals surface area contributed by atoms with Crippen LogP contribution in [0.25, 0.3) is 0 Å². The molecule has 0 aliphatic rings. The zero-order chi connectivity index (χ0) is 11.8. The van der Waals surface area contributed by atoms with Crippen molar-refractivity contribution in [2.75, 3.05) is 6.54 Å². The van der Waals surface area contributed by atoms with E-state index in [4.69, 9.17) is 16.9 Å². The Balaban J connectivity index is 2.36. The molecule has 0 saturated heterocycles. The van der Waals surface area contributed by atoms with Gasteiger partial charge in [0, 0.05) is 19.2 Å². The summed E-state index contributed by atoms with van der Waals surface area (Å²) in [5.41, 5.74) is 0.379. The number of carbonyl (C=O) groups is 1. The molecule has 1 rings (SSSR count). The molecule has 0 saturated carbocycles. The summed E-state index contributed by atoms with van der Waals surface area (Å²) in [6.45, 7) is 0.547. The van der Waals surface area contributed by atoms with Crippen LogP contribution in [-0.4, -0.2) is 17.4 Å². The maximum atomic E-state index is 11.6. The van der Waals surface area contributed by atoms with Gasteiger partial charge in [-0.1, -0.05) is 11.6 Å². The first-order valence-corrected chi connectivity index (χ1v) is 5.39. The molecule has 0 aliphatic carbocycles. The van der Waals surface area contributed by atoms with Crippen LogP contribution in [0, 0.1) is 11.3 Å². The molecule has 1 heterocycles.